The molecule has 0 saturated carbocycles. The van der Waals surface area contributed by atoms with Crippen LogP contribution in [-0.4, -0.2) is 24.1 Å². The number of nitrogens with one attached hydrogen (secondary N) is 2. The number of fused-ring (bicyclic) bond motifs is 1. The smallest absolute Gasteiger partial charge is 0.134 e. The molecule has 3 nitrogen and oxygen atoms in total. The van der Waals surface area contributed by atoms with Crippen LogP contribution in [-0.2, 0) is 0 Å². The summed E-state index contributed by atoms with van der Waals surface area (Å²) in [5.41, 5.74) is 0. The highest BCUT2D eigenvalue weighted by molar-refractivity contribution is 6.31. The van der Waals surface area contributed by atoms with Crippen LogP contribution in [0.1, 0.15) is 12.8 Å². The topological polar surface area (TPSA) is 37.0 Å². The monoisotopic (exact) mass is 261 g/mol. The van der Waals surface area contributed by atoms with Crippen molar-refractivity contribution in [3.63, 3.8) is 0 Å². The average Bonchev–Trinajstić information content (AvgIpc) is 2.40. The summed E-state index contributed by atoms with van der Waals surface area (Å²) >= 11 is 6.01. The fraction of sp³-hybridized carbons (Fsp3) is 0.357. The van der Waals surface area contributed by atoms with Crippen LogP contribution in [0, 0.1) is 0 Å². The van der Waals surface area contributed by atoms with E-state index in [0.717, 1.165) is 34.7 Å². The zero-order chi connectivity index (χ0) is 12.4. The van der Waals surface area contributed by atoms with Crippen LogP contribution in [0.4, 0.5) is 5.82 Å². The standard InChI is InChI=1S/C14H16ClN3/c15-11-3-4-13-10(8-11)5-7-17-14(13)18-12-2-1-6-16-9-12/h3-5,7-8,12,16H,1-2,6,9H2,(H,17,18). The van der Waals surface area contributed by atoms with Gasteiger partial charge in [0.1, 0.15) is 5.82 Å². The van der Waals surface area contributed by atoms with E-state index in [2.05, 4.69) is 15.6 Å². The molecule has 1 saturated heterocycles. The molecule has 0 bridgehead atoms. The minimum Gasteiger partial charge on any atom is -0.366 e. The van der Waals surface area contributed by atoms with Crippen LogP contribution in [0.2, 0.25) is 5.02 Å². The maximum atomic E-state index is 6.01. The van der Waals surface area contributed by atoms with Gasteiger partial charge in [-0.25, -0.2) is 4.98 Å². The molecule has 18 heavy (non-hydrogen) atoms. The van der Waals surface area contributed by atoms with Crippen LogP contribution in [0.3, 0.4) is 0 Å². The number of hydrogen-bond acceptors (Lipinski definition) is 3. The molecule has 1 fully saturated rings. The van der Waals surface area contributed by atoms with Crippen molar-refractivity contribution >= 4 is 28.2 Å². The first-order chi connectivity index (χ1) is 8.83. The van der Waals surface area contributed by atoms with E-state index in [1.807, 2.05) is 30.5 Å². The Bertz CT molecular complexity index is 550. The van der Waals surface area contributed by atoms with Gasteiger partial charge in [-0.2, -0.15) is 0 Å². The Morgan fingerprint density at radius 2 is 2.28 bits per heavy atom. The van der Waals surface area contributed by atoms with Crippen molar-refractivity contribution in [2.75, 3.05) is 18.4 Å². The predicted octanol–water partition coefficient (Wildman–Crippen LogP) is 3.05. The largest absolute Gasteiger partial charge is 0.366 e. The number of rotatable bonds is 2. The number of benzene rings is 1. The number of hydrogen-bond donors (Lipinski definition) is 2. The molecule has 2 N–H and O–H groups in total. The Morgan fingerprint density at radius 3 is 3.11 bits per heavy atom. The van der Waals surface area contributed by atoms with E-state index in [1.165, 1.54) is 12.8 Å². The first-order valence-corrected chi connectivity index (χ1v) is 6.72. The second kappa shape index (κ2) is 5.12. The number of piperidine rings is 1. The third-order valence-corrected chi connectivity index (χ3v) is 3.60. The van der Waals surface area contributed by atoms with Gasteiger partial charge in [-0.15, -0.1) is 0 Å². The molecule has 4 heteroatoms. The summed E-state index contributed by atoms with van der Waals surface area (Å²) in [6.07, 6.45) is 4.24. The lowest BCUT2D eigenvalue weighted by Gasteiger charge is -2.24. The molecule has 1 unspecified atom stereocenters. The molecule has 0 amide bonds. The maximum absolute atomic E-state index is 6.01. The summed E-state index contributed by atoms with van der Waals surface area (Å²) in [6, 6.07) is 8.38. The quantitative estimate of drug-likeness (QED) is 0.873. The number of aromatic nitrogens is 1. The van der Waals surface area contributed by atoms with Crippen LogP contribution in [0.5, 0.6) is 0 Å². The molecule has 1 aliphatic heterocycles. The van der Waals surface area contributed by atoms with Crippen molar-refractivity contribution in [2.45, 2.75) is 18.9 Å². The molecule has 0 radical (unpaired) electrons. The first-order valence-electron chi connectivity index (χ1n) is 6.34. The summed E-state index contributed by atoms with van der Waals surface area (Å²) in [7, 11) is 0. The highest BCUT2D eigenvalue weighted by atomic mass is 35.5. The Balaban J connectivity index is 1.91. The van der Waals surface area contributed by atoms with Gasteiger partial charge in [0.2, 0.25) is 0 Å². The lowest BCUT2D eigenvalue weighted by Crippen LogP contribution is -2.38. The molecule has 2 heterocycles. The van der Waals surface area contributed by atoms with Gasteiger partial charge >= 0.3 is 0 Å². The molecule has 1 aliphatic rings. The summed E-state index contributed by atoms with van der Waals surface area (Å²) in [5, 5.41) is 9.95. The molecule has 0 spiro atoms. The van der Waals surface area contributed by atoms with E-state index in [1.54, 1.807) is 0 Å². The van der Waals surface area contributed by atoms with Gasteiger partial charge in [-0.3, -0.25) is 0 Å². The third kappa shape index (κ3) is 2.42. The Labute approximate surface area is 112 Å². The van der Waals surface area contributed by atoms with Crippen molar-refractivity contribution < 1.29 is 0 Å². The van der Waals surface area contributed by atoms with Crippen molar-refractivity contribution in [1.29, 1.82) is 0 Å². The van der Waals surface area contributed by atoms with Gasteiger partial charge in [0.15, 0.2) is 0 Å². The van der Waals surface area contributed by atoms with E-state index < -0.39 is 0 Å². The van der Waals surface area contributed by atoms with Crippen LogP contribution in [0.15, 0.2) is 30.5 Å². The summed E-state index contributed by atoms with van der Waals surface area (Å²) < 4.78 is 0. The van der Waals surface area contributed by atoms with E-state index >= 15 is 0 Å². The predicted molar refractivity (Wildman–Crippen MR) is 76.3 cm³/mol. The van der Waals surface area contributed by atoms with Crippen molar-refractivity contribution in [3.05, 3.63) is 35.5 Å². The van der Waals surface area contributed by atoms with Gasteiger partial charge in [-0.1, -0.05) is 11.6 Å². The second-order valence-electron chi connectivity index (χ2n) is 4.71. The van der Waals surface area contributed by atoms with Crippen molar-refractivity contribution in [1.82, 2.24) is 10.3 Å². The normalized spacial score (nSPS) is 19.9. The van der Waals surface area contributed by atoms with Crippen LogP contribution >= 0.6 is 11.6 Å². The van der Waals surface area contributed by atoms with Gasteiger partial charge in [0, 0.05) is 29.2 Å². The molecule has 1 atom stereocenters. The molecule has 1 aromatic carbocycles. The molecule has 0 aliphatic carbocycles. The number of anilines is 1. The van der Waals surface area contributed by atoms with E-state index in [-0.39, 0.29) is 0 Å². The minimum atomic E-state index is 0.465. The summed E-state index contributed by atoms with van der Waals surface area (Å²) in [4.78, 5) is 4.45. The zero-order valence-electron chi connectivity index (χ0n) is 10.1. The van der Waals surface area contributed by atoms with Crippen molar-refractivity contribution in [3.8, 4) is 0 Å². The highest BCUT2D eigenvalue weighted by Crippen LogP contribution is 2.25. The molecule has 94 valence electrons. The van der Waals surface area contributed by atoms with Crippen molar-refractivity contribution in [2.24, 2.45) is 0 Å². The summed E-state index contributed by atoms with van der Waals surface area (Å²) in [6.45, 7) is 2.13. The van der Waals surface area contributed by atoms with Crippen LogP contribution in [0.25, 0.3) is 10.8 Å². The van der Waals surface area contributed by atoms with Gasteiger partial charge in [0.25, 0.3) is 0 Å². The first kappa shape index (κ1) is 11.8. The fourth-order valence-corrected chi connectivity index (χ4v) is 2.61. The Kier molecular flexibility index (Phi) is 3.35. The minimum absolute atomic E-state index is 0.465. The average molecular weight is 262 g/mol. The molecule has 2 aromatic rings. The van der Waals surface area contributed by atoms with Crippen LogP contribution < -0.4 is 10.6 Å². The van der Waals surface area contributed by atoms with E-state index in [9.17, 15) is 0 Å². The molecule has 1 aromatic heterocycles. The highest BCUT2D eigenvalue weighted by Gasteiger charge is 2.14. The van der Waals surface area contributed by atoms with Gasteiger partial charge in [0.05, 0.1) is 0 Å². The van der Waals surface area contributed by atoms with Gasteiger partial charge in [-0.05, 0) is 49.0 Å². The van der Waals surface area contributed by atoms with E-state index in [4.69, 9.17) is 11.6 Å². The lowest BCUT2D eigenvalue weighted by molar-refractivity contribution is 0.479. The fourth-order valence-electron chi connectivity index (χ4n) is 2.43. The maximum Gasteiger partial charge on any atom is 0.134 e. The number of nitrogens with zero attached hydrogens (tertiary/aromatic N) is 1. The zero-order valence-corrected chi connectivity index (χ0v) is 10.9. The van der Waals surface area contributed by atoms with Gasteiger partial charge < -0.3 is 10.6 Å². The Hall–Kier alpha value is -1.32. The number of pyridine rings is 1. The summed E-state index contributed by atoms with van der Waals surface area (Å²) in [5.74, 6) is 0.956. The SMILES string of the molecule is Clc1ccc2c(NC3CCCNC3)nccc2c1. The molecular weight excluding hydrogens is 246 g/mol. The molecule has 3 rings (SSSR count). The Morgan fingerprint density at radius 1 is 1.33 bits per heavy atom. The lowest BCUT2D eigenvalue weighted by atomic mass is 10.1. The van der Waals surface area contributed by atoms with E-state index in [0.29, 0.717) is 6.04 Å². The molecular formula is C14H16ClN3. The second-order valence-corrected chi connectivity index (χ2v) is 5.15. The number of halogens is 1. The third-order valence-electron chi connectivity index (χ3n) is 3.36.